The fourth-order valence-corrected chi connectivity index (χ4v) is 6.00. The molecule has 1 saturated heterocycles. The summed E-state index contributed by atoms with van der Waals surface area (Å²) in [4.78, 5) is 34.9. The van der Waals surface area contributed by atoms with Crippen LogP contribution in [0.25, 0.3) is 27.6 Å². The highest BCUT2D eigenvalue weighted by molar-refractivity contribution is 7.15. The summed E-state index contributed by atoms with van der Waals surface area (Å²) >= 11 is 1.53. The predicted octanol–water partition coefficient (Wildman–Crippen LogP) is 5.51. The van der Waals surface area contributed by atoms with Crippen LogP contribution in [0.15, 0.2) is 108 Å². The van der Waals surface area contributed by atoms with Crippen LogP contribution in [0.1, 0.15) is 11.1 Å². The van der Waals surface area contributed by atoms with Crippen LogP contribution < -0.4 is 16.0 Å². The number of aromatic nitrogens is 4. The Labute approximate surface area is 269 Å². The summed E-state index contributed by atoms with van der Waals surface area (Å²) in [6.45, 7) is 3.15. The zero-order chi connectivity index (χ0) is 31.3. The highest BCUT2D eigenvalue weighted by Crippen LogP contribution is 2.34. The van der Waals surface area contributed by atoms with E-state index in [1.54, 1.807) is 6.20 Å². The van der Waals surface area contributed by atoms with Gasteiger partial charge < -0.3 is 25.5 Å². The molecule has 1 aliphatic rings. The summed E-state index contributed by atoms with van der Waals surface area (Å²) in [5.41, 5.74) is 12.7. The third-order valence-corrected chi connectivity index (χ3v) is 8.26. The first kappa shape index (κ1) is 29.1. The number of nitrogens with one attached hydrogen (secondary N) is 1. The highest BCUT2D eigenvalue weighted by Gasteiger charge is 2.20. The van der Waals surface area contributed by atoms with Crippen molar-refractivity contribution in [2.75, 3.05) is 36.5 Å². The van der Waals surface area contributed by atoms with E-state index in [2.05, 4.69) is 32.5 Å². The van der Waals surface area contributed by atoms with E-state index in [-0.39, 0.29) is 12.3 Å². The molecule has 230 valence electrons. The number of thiazole rings is 1. The Hall–Kier alpha value is -5.59. The van der Waals surface area contributed by atoms with Gasteiger partial charge in [-0.25, -0.2) is 19.7 Å². The van der Waals surface area contributed by atoms with Crippen LogP contribution in [-0.4, -0.2) is 57.5 Å². The number of hydrogen-bond acceptors (Lipinski definition) is 10. The topological polar surface area (TPSA) is 132 Å². The maximum atomic E-state index is 12.3. The lowest BCUT2D eigenvalue weighted by atomic mass is 10.0. The van der Waals surface area contributed by atoms with Gasteiger partial charge in [-0.1, -0.05) is 59.8 Å². The summed E-state index contributed by atoms with van der Waals surface area (Å²) in [5.74, 6) is 0.0526. The maximum absolute atomic E-state index is 12.3. The lowest BCUT2D eigenvalue weighted by Gasteiger charge is -2.29. The minimum absolute atomic E-state index is 0.0821. The van der Waals surface area contributed by atoms with Gasteiger partial charge in [-0.05, 0) is 35.9 Å². The molecule has 0 unspecified atom stereocenters. The normalized spacial score (nSPS) is 13.6. The van der Waals surface area contributed by atoms with Crippen molar-refractivity contribution in [1.29, 1.82) is 0 Å². The number of carbonyl (C=O) groups excluding carboxylic acids is 1. The smallest absolute Gasteiger partial charge is 0.339 e. The number of amidine groups is 1. The highest BCUT2D eigenvalue weighted by atomic mass is 32.1. The molecule has 0 amide bonds. The molecule has 1 fully saturated rings. The summed E-state index contributed by atoms with van der Waals surface area (Å²) < 4.78 is 7.52. The molecule has 3 N–H and O–H groups in total. The van der Waals surface area contributed by atoms with Crippen LogP contribution in [0.5, 0.6) is 0 Å². The Morgan fingerprint density at radius 3 is 2.72 bits per heavy atom. The third-order valence-electron chi connectivity index (χ3n) is 7.51. The van der Waals surface area contributed by atoms with Crippen LogP contribution in [-0.2, 0) is 20.8 Å². The summed E-state index contributed by atoms with van der Waals surface area (Å²) in [7, 11) is 0. The molecule has 0 atom stereocenters. The number of morpholine rings is 1. The fourth-order valence-electron chi connectivity index (χ4n) is 5.29. The van der Waals surface area contributed by atoms with Crippen LogP contribution in [0.3, 0.4) is 0 Å². The van der Waals surface area contributed by atoms with Crippen molar-refractivity contribution in [3.63, 3.8) is 0 Å². The van der Waals surface area contributed by atoms with Crippen molar-refractivity contribution in [3.8, 4) is 22.6 Å². The Kier molecular flexibility index (Phi) is 8.35. The van der Waals surface area contributed by atoms with Crippen molar-refractivity contribution in [2.45, 2.75) is 6.42 Å². The van der Waals surface area contributed by atoms with Gasteiger partial charge in [-0.3, -0.25) is 4.40 Å². The monoisotopic (exact) mass is 630 g/mol. The number of ether oxygens (including phenoxy) is 1. The van der Waals surface area contributed by atoms with E-state index in [0.29, 0.717) is 17.2 Å². The molecule has 0 radical (unpaired) electrons. The molecule has 1 aliphatic heterocycles. The second-order valence-corrected chi connectivity index (χ2v) is 11.5. The van der Waals surface area contributed by atoms with Gasteiger partial charge in [0.15, 0.2) is 10.8 Å². The second kappa shape index (κ2) is 13.2. The van der Waals surface area contributed by atoms with E-state index in [1.807, 2.05) is 88.8 Å². The molecule has 4 heterocycles. The molecule has 0 spiro atoms. The third kappa shape index (κ3) is 6.43. The number of oxime groups is 1. The Morgan fingerprint density at radius 1 is 1.00 bits per heavy atom. The number of hydrogen-bond donors (Lipinski definition) is 2. The van der Waals surface area contributed by atoms with Crippen molar-refractivity contribution in [3.05, 3.63) is 114 Å². The predicted molar refractivity (Wildman–Crippen MR) is 179 cm³/mol. The largest absolute Gasteiger partial charge is 0.380 e. The number of rotatable bonds is 9. The number of nitrogens with two attached hydrogens (primary N) is 1. The number of fused-ring (bicyclic) bond motifs is 1. The lowest BCUT2D eigenvalue weighted by Crippen LogP contribution is -2.36. The van der Waals surface area contributed by atoms with Crippen molar-refractivity contribution in [1.82, 2.24) is 19.4 Å². The number of carbonyl (C=O) groups is 1. The Morgan fingerprint density at radius 2 is 1.85 bits per heavy atom. The van der Waals surface area contributed by atoms with Crippen molar-refractivity contribution in [2.24, 2.45) is 10.9 Å². The molecular formula is C34H30N8O3S. The molecule has 11 nitrogen and oxygen atoms in total. The molecule has 0 aliphatic carbocycles. The van der Waals surface area contributed by atoms with Gasteiger partial charge in [0.25, 0.3) is 0 Å². The van der Waals surface area contributed by atoms with E-state index in [9.17, 15) is 4.79 Å². The zero-order valence-electron chi connectivity index (χ0n) is 24.7. The molecule has 3 aromatic carbocycles. The minimum Gasteiger partial charge on any atom is -0.380 e. The first-order chi connectivity index (χ1) is 22.6. The molecule has 7 rings (SSSR count). The summed E-state index contributed by atoms with van der Waals surface area (Å²) in [5, 5.41) is 9.26. The molecule has 6 aromatic rings. The molecule has 3 aromatic heterocycles. The maximum Gasteiger partial charge on any atom is 0.339 e. The first-order valence-electron chi connectivity index (χ1n) is 14.8. The zero-order valence-corrected chi connectivity index (χ0v) is 25.6. The molecular weight excluding hydrogens is 600 g/mol. The van der Waals surface area contributed by atoms with Crippen LogP contribution >= 0.6 is 11.3 Å². The summed E-state index contributed by atoms with van der Waals surface area (Å²) in [6, 6.07) is 26.9. The van der Waals surface area contributed by atoms with Gasteiger partial charge in [0.05, 0.1) is 31.0 Å². The standard InChI is InChI=1S/C34H30N8O3S/c35-32(40-45-29(43)20-23-6-2-1-3-7-23)25-9-4-8-24(21-25)30-31(42-16-19-46-34(42)39-30)28-12-13-36-33(38-28)37-26-10-5-11-27(22-26)41-14-17-44-18-15-41/h1-13,16,19,21-22H,14-15,17-18,20H2,(H2,35,40)(H,36,37,38). The number of anilines is 3. The van der Waals surface area contributed by atoms with Crippen LogP contribution in [0.2, 0.25) is 0 Å². The van der Waals surface area contributed by atoms with E-state index in [1.165, 1.54) is 11.3 Å². The average molecular weight is 631 g/mol. The average Bonchev–Trinajstić information content (AvgIpc) is 3.70. The van der Waals surface area contributed by atoms with Gasteiger partial charge in [-0.15, -0.1) is 11.3 Å². The van der Waals surface area contributed by atoms with Crippen LogP contribution in [0.4, 0.5) is 17.3 Å². The molecule has 12 heteroatoms. The minimum atomic E-state index is -0.497. The van der Waals surface area contributed by atoms with Crippen molar-refractivity contribution >= 4 is 45.4 Å². The van der Waals surface area contributed by atoms with E-state index in [4.69, 9.17) is 25.3 Å². The van der Waals surface area contributed by atoms with Gasteiger partial charge in [0, 0.05) is 53.4 Å². The van der Waals surface area contributed by atoms with E-state index < -0.39 is 5.97 Å². The number of benzene rings is 3. The van der Waals surface area contributed by atoms with E-state index >= 15 is 0 Å². The van der Waals surface area contributed by atoms with Gasteiger partial charge >= 0.3 is 5.97 Å². The first-order valence-corrected chi connectivity index (χ1v) is 15.7. The van der Waals surface area contributed by atoms with E-state index in [0.717, 1.165) is 65.2 Å². The lowest BCUT2D eigenvalue weighted by molar-refractivity contribution is -0.142. The van der Waals surface area contributed by atoms with Crippen molar-refractivity contribution < 1.29 is 14.4 Å². The number of nitrogens with zero attached hydrogens (tertiary/aromatic N) is 6. The Bertz CT molecular complexity index is 2020. The molecule has 0 saturated carbocycles. The molecule has 46 heavy (non-hydrogen) atoms. The SMILES string of the molecule is N/C(=N\OC(=O)Cc1ccccc1)c1cccc(-c2nc3sccn3c2-c2ccnc(Nc3cccc(N4CCOCC4)c3)n2)c1. The summed E-state index contributed by atoms with van der Waals surface area (Å²) in [6.07, 6.45) is 3.80. The second-order valence-electron chi connectivity index (χ2n) is 10.6. The molecule has 0 bridgehead atoms. The van der Waals surface area contributed by atoms with Crippen LogP contribution in [0, 0.1) is 0 Å². The quantitative estimate of drug-likeness (QED) is 0.0919. The number of imidazole rings is 1. The van der Waals surface area contributed by atoms with Gasteiger partial charge in [-0.2, -0.15) is 0 Å². The van der Waals surface area contributed by atoms with Gasteiger partial charge in [0.2, 0.25) is 5.95 Å². The van der Waals surface area contributed by atoms with Gasteiger partial charge in [0.1, 0.15) is 5.69 Å². The Balaban J connectivity index is 1.15. The fraction of sp³-hybridized carbons (Fsp3) is 0.147.